The molecule has 0 aliphatic heterocycles. The first-order chi connectivity index (χ1) is 6.38. The fourth-order valence-corrected chi connectivity index (χ4v) is 0.898. The lowest BCUT2D eigenvalue weighted by Crippen LogP contribution is -2.41. The third kappa shape index (κ3) is 5.99. The van der Waals surface area contributed by atoms with Crippen LogP contribution in [0, 0.1) is 0 Å². The summed E-state index contributed by atoms with van der Waals surface area (Å²) in [4.78, 5) is 0. The minimum Gasteiger partial charge on any atom is -0.382 e. The smallest absolute Gasteiger partial charge is 0.382 e. The van der Waals surface area contributed by atoms with Crippen LogP contribution in [0.5, 0.6) is 0 Å². The van der Waals surface area contributed by atoms with Gasteiger partial charge in [-0.1, -0.05) is 6.08 Å². The van der Waals surface area contributed by atoms with Crippen molar-refractivity contribution in [3.63, 3.8) is 0 Å². The van der Waals surface area contributed by atoms with Gasteiger partial charge in [0.15, 0.2) is 6.10 Å². The molecule has 0 aliphatic rings. The molecule has 0 aliphatic carbocycles. The van der Waals surface area contributed by atoms with Crippen LogP contribution in [0.15, 0.2) is 12.7 Å². The van der Waals surface area contributed by atoms with E-state index in [0.717, 1.165) is 6.42 Å². The van der Waals surface area contributed by atoms with Crippen molar-refractivity contribution in [3.8, 4) is 0 Å². The summed E-state index contributed by atoms with van der Waals surface area (Å²) in [5.74, 6) is 0. The van der Waals surface area contributed by atoms with Gasteiger partial charge in [-0.2, -0.15) is 13.2 Å². The summed E-state index contributed by atoms with van der Waals surface area (Å²) >= 11 is 0. The first-order valence-electron chi connectivity index (χ1n) is 4.47. The van der Waals surface area contributed by atoms with Crippen LogP contribution in [0.25, 0.3) is 0 Å². The standard InChI is InChI=1S/C9H16F3NO/c1-3-4-5-7(2)13-6-8(14)9(10,11)12/h3,7-8,13-14H,1,4-6H2,2H3. The summed E-state index contributed by atoms with van der Waals surface area (Å²) in [6, 6.07) is -0.0509. The van der Waals surface area contributed by atoms with Gasteiger partial charge in [0, 0.05) is 12.6 Å². The molecule has 0 bridgehead atoms. The van der Waals surface area contributed by atoms with Gasteiger partial charge >= 0.3 is 6.18 Å². The number of halogens is 3. The minimum absolute atomic E-state index is 0.0509. The maximum Gasteiger partial charge on any atom is 0.415 e. The van der Waals surface area contributed by atoms with Gasteiger partial charge < -0.3 is 10.4 Å². The predicted molar refractivity (Wildman–Crippen MR) is 49.0 cm³/mol. The summed E-state index contributed by atoms with van der Waals surface area (Å²) < 4.78 is 35.5. The normalized spacial score (nSPS) is 16.4. The Bertz CT molecular complexity index is 170. The van der Waals surface area contributed by atoms with Crippen LogP contribution >= 0.6 is 0 Å². The van der Waals surface area contributed by atoms with E-state index in [1.807, 2.05) is 0 Å². The van der Waals surface area contributed by atoms with Gasteiger partial charge in [-0.3, -0.25) is 0 Å². The molecule has 0 saturated heterocycles. The first-order valence-corrected chi connectivity index (χ1v) is 4.47. The Kier molecular flexibility index (Phi) is 5.79. The zero-order valence-corrected chi connectivity index (χ0v) is 8.14. The first kappa shape index (κ1) is 13.4. The summed E-state index contributed by atoms with van der Waals surface area (Å²) in [5, 5.41) is 11.3. The highest BCUT2D eigenvalue weighted by molar-refractivity contribution is 4.74. The van der Waals surface area contributed by atoms with Crippen LogP contribution in [0.4, 0.5) is 13.2 Å². The second-order valence-electron chi connectivity index (χ2n) is 3.23. The van der Waals surface area contributed by atoms with Crippen molar-refractivity contribution in [1.82, 2.24) is 5.32 Å². The molecule has 2 N–H and O–H groups in total. The largest absolute Gasteiger partial charge is 0.415 e. The van der Waals surface area contributed by atoms with Crippen LogP contribution in [0.2, 0.25) is 0 Å². The number of aliphatic hydroxyl groups is 1. The van der Waals surface area contributed by atoms with E-state index >= 15 is 0 Å². The van der Waals surface area contributed by atoms with Crippen molar-refractivity contribution in [2.45, 2.75) is 38.1 Å². The molecule has 14 heavy (non-hydrogen) atoms. The quantitative estimate of drug-likeness (QED) is 0.657. The molecule has 5 heteroatoms. The summed E-state index contributed by atoms with van der Waals surface area (Å²) in [6.07, 6.45) is -3.65. The van der Waals surface area contributed by atoms with E-state index in [4.69, 9.17) is 5.11 Å². The van der Waals surface area contributed by atoms with Crippen LogP contribution in [0.1, 0.15) is 19.8 Å². The fourth-order valence-electron chi connectivity index (χ4n) is 0.898. The summed E-state index contributed by atoms with van der Waals surface area (Å²) in [7, 11) is 0. The van der Waals surface area contributed by atoms with Crippen molar-refractivity contribution in [2.24, 2.45) is 0 Å². The monoisotopic (exact) mass is 211 g/mol. The average Bonchev–Trinajstić information content (AvgIpc) is 2.09. The minimum atomic E-state index is -4.54. The zero-order chi connectivity index (χ0) is 11.2. The Labute approximate surface area is 81.8 Å². The van der Waals surface area contributed by atoms with Crippen molar-refractivity contribution >= 4 is 0 Å². The molecule has 0 aromatic rings. The Balaban J connectivity index is 3.66. The van der Waals surface area contributed by atoms with E-state index < -0.39 is 18.8 Å². The number of hydrogen-bond donors (Lipinski definition) is 2. The van der Waals surface area contributed by atoms with E-state index in [-0.39, 0.29) is 6.04 Å². The van der Waals surface area contributed by atoms with Crippen molar-refractivity contribution < 1.29 is 18.3 Å². The molecule has 0 aromatic heterocycles. The zero-order valence-electron chi connectivity index (χ0n) is 8.14. The van der Waals surface area contributed by atoms with E-state index in [1.54, 1.807) is 13.0 Å². The van der Waals surface area contributed by atoms with E-state index in [2.05, 4.69) is 11.9 Å². The molecule has 0 rings (SSSR count). The lowest BCUT2D eigenvalue weighted by Gasteiger charge is -2.18. The van der Waals surface area contributed by atoms with Gasteiger partial charge in [-0.05, 0) is 19.8 Å². The average molecular weight is 211 g/mol. The Morgan fingerprint density at radius 2 is 2.07 bits per heavy atom. The third-order valence-electron chi connectivity index (χ3n) is 1.84. The number of aliphatic hydroxyl groups excluding tert-OH is 1. The molecule has 84 valence electrons. The van der Waals surface area contributed by atoms with Crippen molar-refractivity contribution in [1.29, 1.82) is 0 Å². The fraction of sp³-hybridized carbons (Fsp3) is 0.778. The molecule has 0 heterocycles. The second-order valence-corrected chi connectivity index (χ2v) is 3.23. The molecule has 0 aromatic carbocycles. The van der Waals surface area contributed by atoms with Crippen LogP contribution < -0.4 is 5.32 Å². The maximum absolute atomic E-state index is 11.8. The van der Waals surface area contributed by atoms with E-state index in [1.165, 1.54) is 0 Å². The summed E-state index contributed by atoms with van der Waals surface area (Å²) in [6.45, 7) is 4.82. The molecule has 0 radical (unpaired) electrons. The van der Waals surface area contributed by atoms with Gasteiger partial charge in [0.2, 0.25) is 0 Å². The molecule has 0 spiro atoms. The SMILES string of the molecule is C=CCCC(C)NCC(O)C(F)(F)F. The van der Waals surface area contributed by atoms with Gasteiger partial charge in [-0.25, -0.2) is 0 Å². The van der Waals surface area contributed by atoms with E-state index in [0.29, 0.717) is 6.42 Å². The molecule has 0 saturated carbocycles. The van der Waals surface area contributed by atoms with Gasteiger partial charge in [0.1, 0.15) is 0 Å². The lowest BCUT2D eigenvalue weighted by molar-refractivity contribution is -0.202. The molecule has 2 nitrogen and oxygen atoms in total. The van der Waals surface area contributed by atoms with Crippen molar-refractivity contribution in [3.05, 3.63) is 12.7 Å². The summed E-state index contributed by atoms with van der Waals surface area (Å²) in [5.41, 5.74) is 0. The second kappa shape index (κ2) is 6.03. The Morgan fingerprint density at radius 3 is 2.50 bits per heavy atom. The number of rotatable bonds is 6. The van der Waals surface area contributed by atoms with Crippen LogP contribution in [0.3, 0.4) is 0 Å². The van der Waals surface area contributed by atoms with Gasteiger partial charge in [0.25, 0.3) is 0 Å². The number of hydrogen-bond acceptors (Lipinski definition) is 2. The van der Waals surface area contributed by atoms with Crippen LogP contribution in [-0.4, -0.2) is 30.0 Å². The third-order valence-corrected chi connectivity index (χ3v) is 1.84. The predicted octanol–water partition coefficient (Wildman–Crippen LogP) is 1.85. The van der Waals surface area contributed by atoms with Gasteiger partial charge in [0.05, 0.1) is 0 Å². The number of nitrogens with one attached hydrogen (secondary N) is 1. The van der Waals surface area contributed by atoms with Crippen LogP contribution in [-0.2, 0) is 0 Å². The topological polar surface area (TPSA) is 32.3 Å². The molecule has 2 atom stereocenters. The van der Waals surface area contributed by atoms with E-state index in [9.17, 15) is 13.2 Å². The highest BCUT2D eigenvalue weighted by atomic mass is 19.4. The molecular weight excluding hydrogens is 195 g/mol. The maximum atomic E-state index is 11.8. The molecular formula is C9H16F3NO. The molecule has 0 fully saturated rings. The molecule has 0 amide bonds. The molecule has 2 unspecified atom stereocenters. The Morgan fingerprint density at radius 1 is 1.50 bits per heavy atom. The highest BCUT2D eigenvalue weighted by Gasteiger charge is 2.37. The van der Waals surface area contributed by atoms with Gasteiger partial charge in [-0.15, -0.1) is 6.58 Å². The number of alkyl halides is 3. The highest BCUT2D eigenvalue weighted by Crippen LogP contribution is 2.19. The van der Waals surface area contributed by atoms with Crippen molar-refractivity contribution in [2.75, 3.05) is 6.54 Å². The number of allylic oxidation sites excluding steroid dienone is 1. The Hall–Kier alpha value is -0.550. The lowest BCUT2D eigenvalue weighted by atomic mass is 10.2.